The third-order valence-electron chi connectivity index (χ3n) is 3.98. The Kier molecular flexibility index (Phi) is 5.63. The van der Waals surface area contributed by atoms with Crippen LogP contribution in [0.2, 0.25) is 0 Å². The molecule has 0 aromatic heterocycles. The number of aliphatic carboxylic acids is 1. The maximum atomic E-state index is 11.9. The first-order valence-corrected chi connectivity index (χ1v) is 7.10. The van der Waals surface area contributed by atoms with Crippen LogP contribution in [0.25, 0.3) is 0 Å². The lowest BCUT2D eigenvalue weighted by molar-refractivity contribution is -0.137. The van der Waals surface area contributed by atoms with Gasteiger partial charge < -0.3 is 15.7 Å². The summed E-state index contributed by atoms with van der Waals surface area (Å²) in [7, 11) is 0. The molecule has 3 N–H and O–H groups in total. The van der Waals surface area contributed by atoms with Gasteiger partial charge in [0.2, 0.25) is 0 Å². The summed E-state index contributed by atoms with van der Waals surface area (Å²) in [5.74, 6) is -0.831. The Hall–Kier alpha value is -1.26. The normalized spacial score (nSPS) is 23.4. The SMILES string of the molecule is CC(CCC(=O)O)NC(=O)NC1CCCCC1(C)C. The fourth-order valence-electron chi connectivity index (χ4n) is 2.60. The van der Waals surface area contributed by atoms with Gasteiger partial charge in [0.25, 0.3) is 0 Å². The van der Waals surface area contributed by atoms with Crippen molar-refractivity contribution in [3.8, 4) is 0 Å². The first-order chi connectivity index (χ1) is 8.81. The van der Waals surface area contributed by atoms with E-state index in [0.29, 0.717) is 6.42 Å². The highest BCUT2D eigenvalue weighted by atomic mass is 16.4. The van der Waals surface area contributed by atoms with Crippen LogP contribution >= 0.6 is 0 Å². The Morgan fingerprint density at radius 3 is 2.63 bits per heavy atom. The summed E-state index contributed by atoms with van der Waals surface area (Å²) in [6.45, 7) is 6.20. The quantitative estimate of drug-likeness (QED) is 0.718. The van der Waals surface area contributed by atoms with Crippen molar-refractivity contribution in [2.75, 3.05) is 0 Å². The summed E-state index contributed by atoms with van der Waals surface area (Å²) in [4.78, 5) is 22.3. The standard InChI is InChI=1S/C14H26N2O3/c1-10(7-8-12(17)18)15-13(19)16-11-6-4-5-9-14(11,2)3/h10-11H,4-9H2,1-3H3,(H,17,18)(H2,15,16,19). The number of hydrogen-bond acceptors (Lipinski definition) is 2. The molecule has 2 atom stereocenters. The van der Waals surface area contributed by atoms with E-state index in [1.807, 2.05) is 6.92 Å². The number of amides is 2. The fraction of sp³-hybridized carbons (Fsp3) is 0.857. The lowest BCUT2D eigenvalue weighted by atomic mass is 9.73. The predicted molar refractivity (Wildman–Crippen MR) is 74.0 cm³/mol. The molecule has 5 nitrogen and oxygen atoms in total. The maximum Gasteiger partial charge on any atom is 0.315 e. The van der Waals surface area contributed by atoms with Crippen molar-refractivity contribution >= 4 is 12.0 Å². The van der Waals surface area contributed by atoms with E-state index >= 15 is 0 Å². The molecule has 1 saturated carbocycles. The topological polar surface area (TPSA) is 78.4 Å². The van der Waals surface area contributed by atoms with Crippen molar-refractivity contribution in [3.05, 3.63) is 0 Å². The molecule has 1 aliphatic carbocycles. The van der Waals surface area contributed by atoms with Crippen molar-refractivity contribution in [3.63, 3.8) is 0 Å². The molecule has 0 spiro atoms. The molecule has 1 aliphatic rings. The number of nitrogens with one attached hydrogen (secondary N) is 2. The molecule has 1 rings (SSSR count). The van der Waals surface area contributed by atoms with Gasteiger partial charge in [-0.1, -0.05) is 26.7 Å². The Labute approximate surface area is 115 Å². The minimum Gasteiger partial charge on any atom is -0.481 e. The highest BCUT2D eigenvalue weighted by Crippen LogP contribution is 2.35. The largest absolute Gasteiger partial charge is 0.481 e. The molecule has 110 valence electrons. The van der Waals surface area contributed by atoms with Crippen molar-refractivity contribution in [2.45, 2.75) is 71.4 Å². The van der Waals surface area contributed by atoms with Crippen molar-refractivity contribution in [1.82, 2.24) is 10.6 Å². The molecular formula is C14H26N2O3. The van der Waals surface area contributed by atoms with Crippen LogP contribution < -0.4 is 10.6 Å². The third kappa shape index (κ3) is 5.49. The average Bonchev–Trinajstić information content (AvgIpc) is 2.29. The predicted octanol–water partition coefficient (Wildman–Crippen LogP) is 2.51. The Morgan fingerprint density at radius 2 is 2.05 bits per heavy atom. The van der Waals surface area contributed by atoms with Gasteiger partial charge in [-0.15, -0.1) is 0 Å². The van der Waals surface area contributed by atoms with Gasteiger partial charge in [-0.05, 0) is 31.6 Å². The Bertz CT molecular complexity index is 329. The number of carbonyl (C=O) groups excluding carboxylic acids is 1. The minimum atomic E-state index is -0.831. The Morgan fingerprint density at radius 1 is 1.37 bits per heavy atom. The fourth-order valence-corrected chi connectivity index (χ4v) is 2.60. The van der Waals surface area contributed by atoms with Crippen LogP contribution in [0.3, 0.4) is 0 Å². The maximum absolute atomic E-state index is 11.9. The molecule has 0 saturated heterocycles. The molecule has 0 radical (unpaired) electrons. The lowest BCUT2D eigenvalue weighted by Gasteiger charge is -2.39. The van der Waals surface area contributed by atoms with E-state index in [1.54, 1.807) is 0 Å². The molecule has 0 aromatic carbocycles. The zero-order valence-electron chi connectivity index (χ0n) is 12.2. The molecule has 19 heavy (non-hydrogen) atoms. The van der Waals surface area contributed by atoms with Crippen molar-refractivity contribution < 1.29 is 14.7 Å². The summed E-state index contributed by atoms with van der Waals surface area (Å²) in [5, 5.41) is 14.4. The van der Waals surface area contributed by atoms with E-state index in [0.717, 1.165) is 19.3 Å². The van der Waals surface area contributed by atoms with Gasteiger partial charge in [0.05, 0.1) is 0 Å². The van der Waals surface area contributed by atoms with E-state index < -0.39 is 5.97 Å². The highest BCUT2D eigenvalue weighted by Gasteiger charge is 2.33. The number of urea groups is 1. The van der Waals surface area contributed by atoms with Gasteiger partial charge in [-0.2, -0.15) is 0 Å². The first kappa shape index (κ1) is 15.8. The summed E-state index contributed by atoms with van der Waals surface area (Å²) in [6, 6.07) is -0.103. The van der Waals surface area contributed by atoms with Crippen LogP contribution in [0.1, 0.15) is 59.3 Å². The molecule has 0 aromatic rings. The lowest BCUT2D eigenvalue weighted by Crippen LogP contribution is -2.51. The highest BCUT2D eigenvalue weighted by molar-refractivity contribution is 5.74. The second-order valence-electron chi connectivity index (χ2n) is 6.24. The van der Waals surface area contributed by atoms with Gasteiger partial charge in [0.1, 0.15) is 0 Å². The van der Waals surface area contributed by atoms with Gasteiger partial charge in [-0.25, -0.2) is 4.79 Å². The van der Waals surface area contributed by atoms with Gasteiger partial charge >= 0.3 is 12.0 Å². The molecule has 0 bridgehead atoms. The smallest absolute Gasteiger partial charge is 0.315 e. The molecule has 2 amide bonds. The summed E-state index contributed by atoms with van der Waals surface area (Å²) >= 11 is 0. The average molecular weight is 270 g/mol. The second kappa shape index (κ2) is 6.78. The van der Waals surface area contributed by atoms with E-state index in [2.05, 4.69) is 24.5 Å². The number of carboxylic acids is 1. The number of rotatable bonds is 5. The number of carbonyl (C=O) groups is 2. The summed E-state index contributed by atoms with van der Waals surface area (Å²) < 4.78 is 0. The van der Waals surface area contributed by atoms with Crippen LogP contribution in [-0.4, -0.2) is 29.2 Å². The molecular weight excluding hydrogens is 244 g/mol. The Balaban J connectivity index is 2.35. The number of carboxylic acid groups (broad SMARTS) is 1. The zero-order valence-corrected chi connectivity index (χ0v) is 12.2. The minimum absolute atomic E-state index is 0.0797. The van der Waals surface area contributed by atoms with Crippen molar-refractivity contribution in [2.24, 2.45) is 5.41 Å². The van der Waals surface area contributed by atoms with Gasteiger partial charge in [-0.3, -0.25) is 4.79 Å². The zero-order chi connectivity index (χ0) is 14.5. The van der Waals surface area contributed by atoms with Gasteiger partial charge in [0.15, 0.2) is 0 Å². The third-order valence-corrected chi connectivity index (χ3v) is 3.98. The van der Waals surface area contributed by atoms with E-state index in [4.69, 9.17) is 5.11 Å². The van der Waals surface area contributed by atoms with Crippen LogP contribution in [0.4, 0.5) is 4.79 Å². The number of hydrogen-bond donors (Lipinski definition) is 3. The van der Waals surface area contributed by atoms with E-state index in [-0.39, 0.29) is 30.0 Å². The van der Waals surface area contributed by atoms with Crippen LogP contribution in [-0.2, 0) is 4.79 Å². The van der Waals surface area contributed by atoms with Crippen LogP contribution in [0.5, 0.6) is 0 Å². The van der Waals surface area contributed by atoms with Crippen molar-refractivity contribution in [1.29, 1.82) is 0 Å². The van der Waals surface area contributed by atoms with E-state index in [9.17, 15) is 9.59 Å². The summed E-state index contributed by atoms with van der Waals surface area (Å²) in [6.07, 6.45) is 5.06. The second-order valence-corrected chi connectivity index (χ2v) is 6.24. The summed E-state index contributed by atoms with van der Waals surface area (Å²) in [5.41, 5.74) is 0.139. The molecule has 0 heterocycles. The van der Waals surface area contributed by atoms with Crippen LogP contribution in [0, 0.1) is 5.41 Å². The molecule has 1 fully saturated rings. The van der Waals surface area contributed by atoms with E-state index in [1.165, 1.54) is 6.42 Å². The molecule has 5 heteroatoms. The van der Waals surface area contributed by atoms with Gasteiger partial charge in [0, 0.05) is 18.5 Å². The first-order valence-electron chi connectivity index (χ1n) is 7.10. The molecule has 0 aliphatic heterocycles. The van der Waals surface area contributed by atoms with Crippen LogP contribution in [0.15, 0.2) is 0 Å². The molecule has 2 unspecified atom stereocenters. The monoisotopic (exact) mass is 270 g/mol.